The first kappa shape index (κ1) is 15.7. The van der Waals surface area contributed by atoms with Crippen LogP contribution >= 0.6 is 0 Å². The summed E-state index contributed by atoms with van der Waals surface area (Å²) in [5.74, 6) is 1.46. The van der Waals surface area contributed by atoms with Gasteiger partial charge < -0.3 is 10.6 Å². The van der Waals surface area contributed by atoms with Gasteiger partial charge in [0.1, 0.15) is 0 Å². The Hall–Kier alpha value is -3.80. The first-order chi connectivity index (χ1) is 12.9. The molecule has 2 heterocycles. The van der Waals surface area contributed by atoms with Crippen molar-refractivity contribution >= 4 is 23.3 Å². The molecule has 6 heteroatoms. The average Bonchev–Trinajstić information content (AvgIpc) is 2.70. The SMILES string of the molecule is c1ccc(Nc2nc(Nc3ccccc3)nc(-[n+]3ccccc3)n2)cc1. The van der Waals surface area contributed by atoms with Gasteiger partial charge in [0.15, 0.2) is 0 Å². The Morgan fingerprint density at radius 3 is 1.50 bits per heavy atom. The largest absolute Gasteiger partial charge is 0.444 e. The van der Waals surface area contributed by atoms with Crippen molar-refractivity contribution < 1.29 is 4.57 Å². The van der Waals surface area contributed by atoms with E-state index in [0.29, 0.717) is 17.8 Å². The molecule has 26 heavy (non-hydrogen) atoms. The molecule has 0 aliphatic carbocycles. The lowest BCUT2D eigenvalue weighted by molar-refractivity contribution is -0.603. The number of para-hydroxylation sites is 2. The second kappa shape index (κ2) is 7.40. The third-order valence-corrected chi connectivity index (χ3v) is 3.63. The van der Waals surface area contributed by atoms with Crippen LogP contribution in [-0.2, 0) is 0 Å². The van der Waals surface area contributed by atoms with Crippen LogP contribution < -0.4 is 15.2 Å². The summed E-state index contributed by atoms with van der Waals surface area (Å²) in [6.07, 6.45) is 3.79. The van der Waals surface area contributed by atoms with Crippen LogP contribution in [0.3, 0.4) is 0 Å². The van der Waals surface area contributed by atoms with Crippen LogP contribution in [0.4, 0.5) is 23.3 Å². The molecule has 0 amide bonds. The van der Waals surface area contributed by atoms with Gasteiger partial charge in [-0.2, -0.15) is 0 Å². The van der Waals surface area contributed by atoms with E-state index in [1.54, 1.807) is 0 Å². The molecule has 0 radical (unpaired) electrons. The first-order valence-corrected chi connectivity index (χ1v) is 8.24. The zero-order chi connectivity index (χ0) is 17.6. The van der Waals surface area contributed by atoms with Crippen LogP contribution in [0.1, 0.15) is 0 Å². The van der Waals surface area contributed by atoms with E-state index in [1.807, 2.05) is 95.8 Å². The fourth-order valence-corrected chi connectivity index (χ4v) is 2.43. The number of hydrogen-bond donors (Lipinski definition) is 2. The third kappa shape index (κ3) is 3.81. The summed E-state index contributed by atoms with van der Waals surface area (Å²) < 4.78 is 1.84. The standard InChI is InChI=1S/C20H17N6/c1-4-10-16(11-5-1)21-18-23-19(22-17-12-6-2-7-13-17)25-20(24-18)26-14-8-3-9-15-26/h1-15H,(H2,21,22,23,24,25)/q+1. The van der Waals surface area contributed by atoms with Crippen LogP contribution in [0.2, 0.25) is 0 Å². The van der Waals surface area contributed by atoms with E-state index in [1.165, 1.54) is 0 Å². The topological polar surface area (TPSA) is 66.6 Å². The summed E-state index contributed by atoms with van der Waals surface area (Å²) in [5, 5.41) is 6.45. The minimum absolute atomic E-state index is 0.469. The number of rotatable bonds is 5. The van der Waals surface area contributed by atoms with Crippen molar-refractivity contribution in [1.82, 2.24) is 15.0 Å². The van der Waals surface area contributed by atoms with Gasteiger partial charge in [0, 0.05) is 11.4 Å². The molecule has 0 aliphatic rings. The fourth-order valence-electron chi connectivity index (χ4n) is 2.43. The summed E-state index contributed by atoms with van der Waals surface area (Å²) >= 11 is 0. The molecule has 4 rings (SSSR count). The fraction of sp³-hybridized carbons (Fsp3) is 0. The van der Waals surface area contributed by atoms with Crippen molar-refractivity contribution in [2.24, 2.45) is 0 Å². The Morgan fingerprint density at radius 2 is 1.00 bits per heavy atom. The van der Waals surface area contributed by atoms with Gasteiger partial charge >= 0.3 is 17.8 Å². The quantitative estimate of drug-likeness (QED) is 0.543. The number of nitrogens with one attached hydrogen (secondary N) is 2. The van der Waals surface area contributed by atoms with Crippen molar-refractivity contribution in [3.05, 3.63) is 91.3 Å². The predicted octanol–water partition coefficient (Wildman–Crippen LogP) is 3.64. The predicted molar refractivity (Wildman–Crippen MR) is 101 cm³/mol. The molecule has 0 fully saturated rings. The van der Waals surface area contributed by atoms with E-state index >= 15 is 0 Å². The maximum absolute atomic E-state index is 4.53. The highest BCUT2D eigenvalue weighted by Crippen LogP contribution is 2.16. The monoisotopic (exact) mass is 341 g/mol. The molecular weight excluding hydrogens is 324 g/mol. The smallest absolute Gasteiger partial charge is 0.310 e. The molecule has 0 saturated heterocycles. The number of aromatic nitrogens is 4. The Morgan fingerprint density at radius 1 is 0.538 bits per heavy atom. The van der Waals surface area contributed by atoms with E-state index in [9.17, 15) is 0 Å². The zero-order valence-corrected chi connectivity index (χ0v) is 13.9. The second-order valence-corrected chi connectivity index (χ2v) is 5.55. The lowest BCUT2D eigenvalue weighted by atomic mass is 10.3. The minimum atomic E-state index is 0.469. The maximum Gasteiger partial charge on any atom is 0.444 e. The Balaban J connectivity index is 1.72. The van der Waals surface area contributed by atoms with Crippen molar-refractivity contribution in [2.45, 2.75) is 0 Å². The number of anilines is 4. The minimum Gasteiger partial charge on any atom is -0.310 e. The van der Waals surface area contributed by atoms with Gasteiger partial charge in [0.05, 0.1) is 12.4 Å². The number of nitrogens with zero attached hydrogens (tertiary/aromatic N) is 4. The number of benzene rings is 2. The Bertz CT molecular complexity index is 915. The summed E-state index contributed by atoms with van der Waals surface area (Å²) in [6, 6.07) is 25.4. The molecule has 0 saturated carbocycles. The highest BCUT2D eigenvalue weighted by atomic mass is 15.3. The van der Waals surface area contributed by atoms with Gasteiger partial charge in [-0.15, -0.1) is 4.98 Å². The van der Waals surface area contributed by atoms with Crippen molar-refractivity contribution in [1.29, 1.82) is 0 Å². The molecular formula is C20H17N6+. The van der Waals surface area contributed by atoms with E-state index in [2.05, 4.69) is 25.6 Å². The molecule has 0 bridgehead atoms. The number of pyridine rings is 1. The zero-order valence-electron chi connectivity index (χ0n) is 13.9. The van der Waals surface area contributed by atoms with E-state index in [0.717, 1.165) is 11.4 Å². The first-order valence-electron chi connectivity index (χ1n) is 8.24. The molecule has 2 N–H and O–H groups in total. The van der Waals surface area contributed by atoms with Crippen LogP contribution in [0.15, 0.2) is 91.3 Å². The summed E-state index contributed by atoms with van der Waals surface area (Å²) in [6.45, 7) is 0. The van der Waals surface area contributed by atoms with Crippen LogP contribution in [0, 0.1) is 0 Å². The van der Waals surface area contributed by atoms with Gasteiger partial charge in [0.25, 0.3) is 0 Å². The lowest BCUT2D eigenvalue weighted by Crippen LogP contribution is -2.32. The van der Waals surface area contributed by atoms with Gasteiger partial charge in [-0.3, -0.25) is 0 Å². The molecule has 2 aromatic heterocycles. The van der Waals surface area contributed by atoms with Gasteiger partial charge in [-0.25, -0.2) is 4.57 Å². The van der Waals surface area contributed by atoms with E-state index in [-0.39, 0.29) is 0 Å². The van der Waals surface area contributed by atoms with Gasteiger partial charge in [-0.05, 0) is 46.4 Å². The van der Waals surface area contributed by atoms with Gasteiger partial charge in [-0.1, -0.05) is 42.5 Å². The van der Waals surface area contributed by atoms with E-state index < -0.39 is 0 Å². The van der Waals surface area contributed by atoms with Crippen molar-refractivity contribution in [3.8, 4) is 5.95 Å². The van der Waals surface area contributed by atoms with Crippen LogP contribution in [0.5, 0.6) is 0 Å². The molecule has 0 aliphatic heterocycles. The molecule has 126 valence electrons. The molecule has 6 nitrogen and oxygen atoms in total. The Kier molecular flexibility index (Phi) is 4.47. The molecule has 2 aromatic carbocycles. The van der Waals surface area contributed by atoms with Crippen molar-refractivity contribution in [3.63, 3.8) is 0 Å². The summed E-state index contributed by atoms with van der Waals surface area (Å²) in [7, 11) is 0. The highest BCUT2D eigenvalue weighted by molar-refractivity contribution is 5.57. The van der Waals surface area contributed by atoms with Crippen molar-refractivity contribution in [2.75, 3.05) is 10.6 Å². The van der Waals surface area contributed by atoms with Gasteiger partial charge in [0.2, 0.25) is 0 Å². The van der Waals surface area contributed by atoms with Crippen LogP contribution in [0.25, 0.3) is 5.95 Å². The normalized spacial score (nSPS) is 10.3. The second-order valence-electron chi connectivity index (χ2n) is 5.55. The Labute approximate surface area is 151 Å². The number of hydrogen-bond acceptors (Lipinski definition) is 5. The molecule has 4 aromatic rings. The van der Waals surface area contributed by atoms with E-state index in [4.69, 9.17) is 0 Å². The molecule has 0 atom stereocenters. The highest BCUT2D eigenvalue weighted by Gasteiger charge is 2.17. The summed E-state index contributed by atoms with van der Waals surface area (Å²) in [4.78, 5) is 13.6. The molecule has 0 spiro atoms. The third-order valence-electron chi connectivity index (χ3n) is 3.63. The molecule has 0 unspecified atom stereocenters. The van der Waals surface area contributed by atoms with Crippen LogP contribution in [-0.4, -0.2) is 15.0 Å². The maximum atomic E-state index is 4.53. The average molecular weight is 341 g/mol. The summed E-state index contributed by atoms with van der Waals surface area (Å²) in [5.41, 5.74) is 1.82. The lowest BCUT2D eigenvalue weighted by Gasteiger charge is -2.05.